The molecule has 0 saturated heterocycles. The summed E-state index contributed by atoms with van der Waals surface area (Å²) in [4.78, 5) is 21.4. The lowest BCUT2D eigenvalue weighted by atomic mass is 10.4. The molecule has 0 bridgehead atoms. The maximum Gasteiger partial charge on any atom is 0.352 e. The number of hydrogen-bond donors (Lipinski definition) is 0. The zero-order valence-electron chi connectivity index (χ0n) is 9.36. The minimum atomic E-state index is -0.649. The van der Waals surface area contributed by atoms with Gasteiger partial charge in [0.05, 0.1) is 4.92 Å². The Hall–Kier alpha value is -2.29. The van der Waals surface area contributed by atoms with Gasteiger partial charge in [0, 0.05) is 7.05 Å². The van der Waals surface area contributed by atoms with Crippen molar-refractivity contribution in [1.29, 1.82) is 0 Å². The van der Waals surface area contributed by atoms with Crippen molar-refractivity contribution in [3.63, 3.8) is 0 Å². The van der Waals surface area contributed by atoms with E-state index in [-0.39, 0.29) is 28.6 Å². The normalized spacial score (nSPS) is 10.4. The van der Waals surface area contributed by atoms with Crippen molar-refractivity contribution in [1.82, 2.24) is 24.7 Å². The van der Waals surface area contributed by atoms with Crippen molar-refractivity contribution >= 4 is 17.3 Å². The molecule has 0 aliphatic rings. The standard InChI is InChI=1S/C8H7ClN6O3/c1-4-5(15(16)17)6(12-7(9)11-4)18-8-10-3-14(2)13-8/h3H,1-2H3. The molecule has 2 aromatic heterocycles. The first-order valence-electron chi connectivity index (χ1n) is 4.69. The van der Waals surface area contributed by atoms with Crippen LogP contribution in [-0.4, -0.2) is 29.7 Å². The Morgan fingerprint density at radius 1 is 1.50 bits per heavy atom. The second-order valence-corrected chi connectivity index (χ2v) is 3.63. The van der Waals surface area contributed by atoms with Crippen LogP contribution in [0, 0.1) is 17.0 Å². The molecule has 2 aromatic rings. The fourth-order valence-corrected chi connectivity index (χ4v) is 1.45. The van der Waals surface area contributed by atoms with E-state index in [0.29, 0.717) is 0 Å². The molecule has 0 N–H and O–H groups in total. The number of aryl methyl sites for hydroxylation is 2. The van der Waals surface area contributed by atoms with Crippen LogP contribution in [0.25, 0.3) is 0 Å². The molecule has 2 rings (SSSR count). The Morgan fingerprint density at radius 2 is 2.22 bits per heavy atom. The van der Waals surface area contributed by atoms with Gasteiger partial charge in [0.2, 0.25) is 5.28 Å². The van der Waals surface area contributed by atoms with Gasteiger partial charge in [-0.25, -0.2) is 4.98 Å². The molecule has 0 fully saturated rings. The predicted octanol–water partition coefficient (Wildman–Crippen LogP) is 1.27. The van der Waals surface area contributed by atoms with E-state index < -0.39 is 4.92 Å². The number of rotatable bonds is 3. The van der Waals surface area contributed by atoms with Crippen molar-refractivity contribution in [3.8, 4) is 11.9 Å². The van der Waals surface area contributed by atoms with Crippen molar-refractivity contribution in [2.75, 3.05) is 0 Å². The van der Waals surface area contributed by atoms with E-state index >= 15 is 0 Å². The van der Waals surface area contributed by atoms with Crippen molar-refractivity contribution in [2.24, 2.45) is 7.05 Å². The first-order chi connectivity index (χ1) is 8.47. The molecule has 0 spiro atoms. The highest BCUT2D eigenvalue weighted by atomic mass is 35.5. The van der Waals surface area contributed by atoms with Gasteiger partial charge in [-0.3, -0.25) is 14.8 Å². The summed E-state index contributed by atoms with van der Waals surface area (Å²) in [7, 11) is 1.63. The lowest BCUT2D eigenvalue weighted by Crippen LogP contribution is -2.02. The van der Waals surface area contributed by atoms with Crippen LogP contribution in [0.1, 0.15) is 5.69 Å². The van der Waals surface area contributed by atoms with Crippen LogP contribution in [0.3, 0.4) is 0 Å². The SMILES string of the molecule is Cc1nc(Cl)nc(Oc2ncn(C)n2)c1[N+](=O)[O-]. The molecule has 94 valence electrons. The largest absolute Gasteiger partial charge is 0.397 e. The Kier molecular flexibility index (Phi) is 3.06. The van der Waals surface area contributed by atoms with Gasteiger partial charge < -0.3 is 4.74 Å². The zero-order valence-corrected chi connectivity index (χ0v) is 10.1. The summed E-state index contributed by atoms with van der Waals surface area (Å²) in [6, 6.07) is -0.0604. The minimum Gasteiger partial charge on any atom is -0.397 e. The van der Waals surface area contributed by atoms with Crippen LogP contribution in [0.5, 0.6) is 11.9 Å². The third-order valence-corrected chi connectivity index (χ3v) is 2.12. The van der Waals surface area contributed by atoms with Gasteiger partial charge in [0.25, 0.3) is 0 Å². The number of nitro groups is 1. The lowest BCUT2D eigenvalue weighted by Gasteiger charge is -2.03. The summed E-state index contributed by atoms with van der Waals surface area (Å²) in [5.41, 5.74) is -0.266. The maximum atomic E-state index is 10.9. The molecule has 0 saturated carbocycles. The van der Waals surface area contributed by atoms with E-state index in [1.54, 1.807) is 7.05 Å². The number of hydrogen-bond acceptors (Lipinski definition) is 7. The van der Waals surface area contributed by atoms with Gasteiger partial charge in [-0.1, -0.05) is 0 Å². The minimum absolute atomic E-state index is 0.0604. The monoisotopic (exact) mass is 270 g/mol. The van der Waals surface area contributed by atoms with Crippen molar-refractivity contribution in [2.45, 2.75) is 6.92 Å². The van der Waals surface area contributed by atoms with Crippen LogP contribution < -0.4 is 4.74 Å². The Labute approximate surface area is 106 Å². The van der Waals surface area contributed by atoms with E-state index in [1.165, 1.54) is 17.9 Å². The van der Waals surface area contributed by atoms with Crippen LogP contribution >= 0.6 is 11.6 Å². The van der Waals surface area contributed by atoms with Crippen LogP contribution in [0.2, 0.25) is 5.28 Å². The van der Waals surface area contributed by atoms with E-state index in [9.17, 15) is 10.1 Å². The smallest absolute Gasteiger partial charge is 0.352 e. The summed E-state index contributed by atoms with van der Waals surface area (Å²) in [6.45, 7) is 1.43. The molecular weight excluding hydrogens is 264 g/mol. The third kappa shape index (κ3) is 2.35. The highest BCUT2D eigenvalue weighted by Crippen LogP contribution is 2.30. The highest BCUT2D eigenvalue weighted by Gasteiger charge is 2.24. The molecule has 9 nitrogen and oxygen atoms in total. The van der Waals surface area contributed by atoms with Crippen LogP contribution in [0.4, 0.5) is 5.69 Å². The molecule has 0 atom stereocenters. The van der Waals surface area contributed by atoms with E-state index in [1.807, 2.05) is 0 Å². The molecule has 2 heterocycles. The third-order valence-electron chi connectivity index (χ3n) is 1.95. The van der Waals surface area contributed by atoms with Crippen LogP contribution in [0.15, 0.2) is 6.33 Å². The molecule has 0 radical (unpaired) electrons. The molecule has 18 heavy (non-hydrogen) atoms. The molecule has 0 aromatic carbocycles. The topological polar surface area (TPSA) is 109 Å². The summed E-state index contributed by atoms with van der Waals surface area (Å²) < 4.78 is 6.52. The van der Waals surface area contributed by atoms with Gasteiger partial charge in [-0.05, 0) is 18.5 Å². The second kappa shape index (κ2) is 4.53. The highest BCUT2D eigenvalue weighted by molar-refractivity contribution is 6.28. The predicted molar refractivity (Wildman–Crippen MR) is 59.5 cm³/mol. The van der Waals surface area contributed by atoms with Gasteiger partial charge in [-0.2, -0.15) is 9.97 Å². The number of aromatic nitrogens is 5. The lowest BCUT2D eigenvalue weighted by molar-refractivity contribution is -0.386. The van der Waals surface area contributed by atoms with E-state index in [4.69, 9.17) is 16.3 Å². The first-order valence-corrected chi connectivity index (χ1v) is 5.07. The Morgan fingerprint density at radius 3 is 2.78 bits per heavy atom. The first kappa shape index (κ1) is 12.2. The van der Waals surface area contributed by atoms with E-state index in [2.05, 4.69) is 20.1 Å². The van der Waals surface area contributed by atoms with E-state index in [0.717, 1.165) is 0 Å². The van der Waals surface area contributed by atoms with Crippen molar-refractivity contribution < 1.29 is 9.66 Å². The van der Waals surface area contributed by atoms with Gasteiger partial charge >= 0.3 is 17.6 Å². The fourth-order valence-electron chi connectivity index (χ4n) is 1.24. The average Bonchev–Trinajstić information content (AvgIpc) is 2.62. The maximum absolute atomic E-state index is 10.9. The number of nitrogens with zero attached hydrogens (tertiary/aromatic N) is 6. The summed E-state index contributed by atoms with van der Waals surface area (Å²) >= 11 is 5.63. The molecule has 0 amide bonds. The fraction of sp³-hybridized carbons (Fsp3) is 0.250. The van der Waals surface area contributed by atoms with Gasteiger partial charge in [0.1, 0.15) is 12.0 Å². The van der Waals surface area contributed by atoms with Crippen LogP contribution in [-0.2, 0) is 7.05 Å². The molecule has 0 aliphatic heterocycles. The van der Waals surface area contributed by atoms with Crippen molar-refractivity contribution in [3.05, 3.63) is 27.4 Å². The molecular formula is C8H7ClN6O3. The Balaban J connectivity index is 2.45. The van der Waals surface area contributed by atoms with Gasteiger partial charge in [-0.15, -0.1) is 5.10 Å². The molecule has 0 aliphatic carbocycles. The number of halogens is 1. The van der Waals surface area contributed by atoms with Gasteiger partial charge in [0.15, 0.2) is 0 Å². The summed E-state index contributed by atoms with van der Waals surface area (Å²) in [6.07, 6.45) is 1.39. The average molecular weight is 271 g/mol. The summed E-state index contributed by atoms with van der Waals surface area (Å²) in [5.74, 6) is -0.288. The molecule has 0 unspecified atom stereocenters. The number of ether oxygens (including phenoxy) is 1. The Bertz CT molecular complexity index is 613. The second-order valence-electron chi connectivity index (χ2n) is 3.29. The quantitative estimate of drug-likeness (QED) is 0.469. The zero-order chi connectivity index (χ0) is 13.3. The summed E-state index contributed by atoms with van der Waals surface area (Å²) in [5, 5.41) is 14.6. The molecule has 10 heteroatoms.